The van der Waals surface area contributed by atoms with Crippen molar-refractivity contribution in [2.24, 2.45) is 5.73 Å². The Hall–Kier alpha value is -1.10. The van der Waals surface area contributed by atoms with Gasteiger partial charge in [0.05, 0.1) is 12.6 Å². The molecule has 3 N–H and O–H groups in total. The first-order valence-electron chi connectivity index (χ1n) is 4.95. The lowest BCUT2D eigenvalue weighted by Crippen LogP contribution is -2.46. The molecule has 1 fully saturated rings. The second kappa shape index (κ2) is 4.95. The molecule has 1 saturated heterocycles. The van der Waals surface area contributed by atoms with Crippen LogP contribution >= 0.6 is 0 Å². The van der Waals surface area contributed by atoms with Crippen LogP contribution in [0, 0.1) is 0 Å². The van der Waals surface area contributed by atoms with Gasteiger partial charge in [0, 0.05) is 6.54 Å². The van der Waals surface area contributed by atoms with Gasteiger partial charge in [0.2, 0.25) is 11.8 Å². The molecule has 2 amide bonds. The molecule has 0 bridgehead atoms. The Morgan fingerprint density at radius 2 is 2.29 bits per heavy atom. The van der Waals surface area contributed by atoms with E-state index in [2.05, 4.69) is 5.32 Å². The Bertz CT molecular complexity index is 224. The van der Waals surface area contributed by atoms with Gasteiger partial charge < -0.3 is 16.0 Å². The fourth-order valence-electron chi connectivity index (χ4n) is 1.65. The van der Waals surface area contributed by atoms with Crippen LogP contribution in [0.1, 0.15) is 19.8 Å². The number of likely N-dealkylation sites (N-methyl/N-ethyl adjacent to an activating group) is 1. The van der Waals surface area contributed by atoms with E-state index >= 15 is 0 Å². The topological polar surface area (TPSA) is 75.4 Å². The maximum Gasteiger partial charge on any atom is 0.240 e. The molecule has 0 aromatic rings. The maximum absolute atomic E-state index is 11.8. The minimum atomic E-state index is -0.460. The quantitative estimate of drug-likeness (QED) is 0.614. The van der Waals surface area contributed by atoms with Gasteiger partial charge in [-0.25, -0.2) is 0 Å². The van der Waals surface area contributed by atoms with Crippen LogP contribution in [0.25, 0.3) is 0 Å². The molecule has 5 nitrogen and oxygen atoms in total. The summed E-state index contributed by atoms with van der Waals surface area (Å²) < 4.78 is 0. The minimum Gasteiger partial charge on any atom is -0.368 e. The Morgan fingerprint density at radius 3 is 2.71 bits per heavy atom. The smallest absolute Gasteiger partial charge is 0.240 e. The third-order valence-electron chi connectivity index (χ3n) is 2.40. The van der Waals surface area contributed by atoms with Crippen molar-refractivity contribution in [2.45, 2.75) is 25.8 Å². The molecule has 0 aliphatic carbocycles. The fourth-order valence-corrected chi connectivity index (χ4v) is 1.65. The highest BCUT2D eigenvalue weighted by atomic mass is 16.2. The van der Waals surface area contributed by atoms with Crippen LogP contribution in [-0.4, -0.2) is 42.4 Å². The Kier molecular flexibility index (Phi) is 3.88. The summed E-state index contributed by atoms with van der Waals surface area (Å²) in [5.41, 5.74) is 5.05. The number of primary amides is 1. The summed E-state index contributed by atoms with van der Waals surface area (Å²) in [6.45, 7) is 3.27. The molecular weight excluding hydrogens is 182 g/mol. The lowest BCUT2D eigenvalue weighted by molar-refractivity contribution is -0.136. The normalized spacial score (nSPS) is 20.8. The number of hydrogen-bond donors (Lipinski definition) is 2. The molecular formula is C9H17N3O2. The number of nitrogens with two attached hydrogens (primary N) is 1. The van der Waals surface area contributed by atoms with Gasteiger partial charge in [0.25, 0.3) is 0 Å². The summed E-state index contributed by atoms with van der Waals surface area (Å²) >= 11 is 0. The van der Waals surface area contributed by atoms with E-state index in [9.17, 15) is 9.59 Å². The number of amides is 2. The van der Waals surface area contributed by atoms with Crippen LogP contribution in [0.3, 0.4) is 0 Å². The molecule has 80 valence electrons. The van der Waals surface area contributed by atoms with Gasteiger partial charge in [0.1, 0.15) is 0 Å². The first-order chi connectivity index (χ1) is 6.65. The van der Waals surface area contributed by atoms with Gasteiger partial charge in [-0.3, -0.25) is 9.59 Å². The van der Waals surface area contributed by atoms with Gasteiger partial charge in [-0.1, -0.05) is 0 Å². The molecule has 14 heavy (non-hydrogen) atoms. The van der Waals surface area contributed by atoms with E-state index in [1.807, 2.05) is 6.92 Å². The first kappa shape index (κ1) is 11.0. The monoisotopic (exact) mass is 199 g/mol. The van der Waals surface area contributed by atoms with E-state index in [1.165, 1.54) is 4.90 Å². The summed E-state index contributed by atoms with van der Waals surface area (Å²) in [6.07, 6.45) is 1.87. The molecule has 0 aromatic heterocycles. The zero-order valence-electron chi connectivity index (χ0n) is 8.45. The average Bonchev–Trinajstić information content (AvgIpc) is 2.65. The number of hydrogen-bond acceptors (Lipinski definition) is 3. The van der Waals surface area contributed by atoms with Crippen molar-refractivity contribution < 1.29 is 9.59 Å². The van der Waals surface area contributed by atoms with Gasteiger partial charge >= 0.3 is 0 Å². The molecule has 1 aliphatic heterocycles. The van der Waals surface area contributed by atoms with Crippen LogP contribution in [0.15, 0.2) is 0 Å². The van der Waals surface area contributed by atoms with Gasteiger partial charge in [-0.2, -0.15) is 0 Å². The minimum absolute atomic E-state index is 0.0104. The van der Waals surface area contributed by atoms with E-state index in [0.29, 0.717) is 6.54 Å². The third kappa shape index (κ3) is 2.70. The highest BCUT2D eigenvalue weighted by Gasteiger charge is 2.26. The summed E-state index contributed by atoms with van der Waals surface area (Å²) in [4.78, 5) is 24.0. The molecule has 1 atom stereocenters. The number of nitrogens with one attached hydrogen (secondary N) is 1. The van der Waals surface area contributed by atoms with E-state index in [0.717, 1.165) is 19.4 Å². The lowest BCUT2D eigenvalue weighted by Gasteiger charge is -2.22. The van der Waals surface area contributed by atoms with Crippen molar-refractivity contribution in [3.63, 3.8) is 0 Å². The fraction of sp³-hybridized carbons (Fsp3) is 0.778. The van der Waals surface area contributed by atoms with Crippen LogP contribution in [0.5, 0.6) is 0 Å². The largest absolute Gasteiger partial charge is 0.368 e. The van der Waals surface area contributed by atoms with Crippen molar-refractivity contribution in [2.75, 3.05) is 19.6 Å². The molecule has 0 spiro atoms. The Morgan fingerprint density at radius 1 is 1.57 bits per heavy atom. The van der Waals surface area contributed by atoms with Gasteiger partial charge in [-0.15, -0.1) is 0 Å². The predicted molar refractivity (Wildman–Crippen MR) is 52.5 cm³/mol. The van der Waals surface area contributed by atoms with Crippen molar-refractivity contribution >= 4 is 11.8 Å². The van der Waals surface area contributed by atoms with Crippen LogP contribution < -0.4 is 11.1 Å². The molecule has 0 radical (unpaired) electrons. The highest BCUT2D eigenvalue weighted by Crippen LogP contribution is 2.08. The van der Waals surface area contributed by atoms with Gasteiger partial charge in [0.15, 0.2) is 0 Å². The van der Waals surface area contributed by atoms with Crippen molar-refractivity contribution in [1.82, 2.24) is 10.2 Å². The standard InChI is InChI=1S/C9H17N3O2/c1-2-12(6-8(10)13)9(14)7-4-3-5-11-7/h7,11H,2-6H2,1H3,(H2,10,13)/t7-/m1/s1. The molecule has 1 heterocycles. The summed E-state index contributed by atoms with van der Waals surface area (Å²) in [6, 6.07) is -0.116. The van der Waals surface area contributed by atoms with Crippen LogP contribution in [0.4, 0.5) is 0 Å². The molecule has 5 heteroatoms. The van der Waals surface area contributed by atoms with Gasteiger partial charge in [-0.05, 0) is 26.3 Å². The van der Waals surface area contributed by atoms with Crippen molar-refractivity contribution in [3.05, 3.63) is 0 Å². The number of carbonyl (C=O) groups is 2. The number of nitrogens with zero attached hydrogens (tertiary/aromatic N) is 1. The second-order valence-corrected chi connectivity index (χ2v) is 3.47. The molecule has 0 unspecified atom stereocenters. The lowest BCUT2D eigenvalue weighted by atomic mass is 10.2. The Balaban J connectivity index is 2.50. The summed E-state index contributed by atoms with van der Waals surface area (Å²) in [7, 11) is 0. The number of rotatable bonds is 4. The van der Waals surface area contributed by atoms with E-state index in [1.54, 1.807) is 0 Å². The molecule has 1 rings (SSSR count). The highest BCUT2D eigenvalue weighted by molar-refractivity contribution is 5.87. The van der Waals surface area contributed by atoms with E-state index < -0.39 is 5.91 Å². The second-order valence-electron chi connectivity index (χ2n) is 3.47. The summed E-state index contributed by atoms with van der Waals surface area (Å²) in [5.74, 6) is -0.470. The molecule has 0 aromatic carbocycles. The van der Waals surface area contributed by atoms with Crippen molar-refractivity contribution in [1.29, 1.82) is 0 Å². The third-order valence-corrected chi connectivity index (χ3v) is 2.40. The maximum atomic E-state index is 11.8. The van der Waals surface area contributed by atoms with Crippen LogP contribution in [0.2, 0.25) is 0 Å². The van der Waals surface area contributed by atoms with Crippen molar-refractivity contribution in [3.8, 4) is 0 Å². The molecule has 1 aliphatic rings. The predicted octanol–water partition coefficient (Wildman–Crippen LogP) is -0.928. The zero-order chi connectivity index (χ0) is 10.6. The van der Waals surface area contributed by atoms with E-state index in [-0.39, 0.29) is 18.5 Å². The van der Waals surface area contributed by atoms with E-state index in [4.69, 9.17) is 5.73 Å². The zero-order valence-corrected chi connectivity index (χ0v) is 8.45. The Labute approximate surface area is 83.6 Å². The average molecular weight is 199 g/mol. The first-order valence-corrected chi connectivity index (χ1v) is 4.95. The summed E-state index contributed by atoms with van der Waals surface area (Å²) in [5, 5.41) is 3.10. The van der Waals surface area contributed by atoms with Crippen LogP contribution in [-0.2, 0) is 9.59 Å². The number of carbonyl (C=O) groups excluding carboxylic acids is 2. The SMILES string of the molecule is CCN(CC(N)=O)C(=O)[C@H]1CCCN1. The molecule has 0 saturated carbocycles.